The molecule has 0 saturated heterocycles. The van der Waals surface area contributed by atoms with Crippen molar-refractivity contribution in [3.8, 4) is 0 Å². The van der Waals surface area contributed by atoms with E-state index in [4.69, 9.17) is 5.73 Å². The molecule has 1 aliphatic carbocycles. The van der Waals surface area contributed by atoms with Crippen LogP contribution in [0.5, 0.6) is 0 Å². The number of hydrogen-bond acceptors (Lipinski definition) is 1. The van der Waals surface area contributed by atoms with Crippen molar-refractivity contribution in [3.05, 3.63) is 68.7 Å². The summed E-state index contributed by atoms with van der Waals surface area (Å²) in [4.78, 5) is 0. The normalized spacial score (nSPS) is 16.2. The van der Waals surface area contributed by atoms with Crippen LogP contribution in [0, 0.1) is 19.8 Å². The van der Waals surface area contributed by atoms with Crippen molar-refractivity contribution in [2.24, 2.45) is 11.7 Å². The number of aryl methyl sites for hydroxylation is 2. The van der Waals surface area contributed by atoms with Crippen LogP contribution in [0.25, 0.3) is 0 Å². The molecule has 104 valence electrons. The van der Waals surface area contributed by atoms with Crippen LogP contribution < -0.4 is 5.73 Å². The van der Waals surface area contributed by atoms with Gasteiger partial charge in [-0.3, -0.25) is 0 Å². The summed E-state index contributed by atoms with van der Waals surface area (Å²) in [6, 6.07) is 13.3. The minimum Gasteiger partial charge on any atom is -0.324 e. The summed E-state index contributed by atoms with van der Waals surface area (Å²) in [7, 11) is 0. The third-order valence-electron chi connectivity index (χ3n) is 4.50. The van der Waals surface area contributed by atoms with E-state index in [1.165, 1.54) is 32.3 Å². The number of nitrogens with two attached hydrogens (primary N) is 1. The average Bonchev–Trinajstić information content (AvgIpc) is 2.86. The first-order valence-electron chi connectivity index (χ1n) is 7.15. The molecule has 2 heteroatoms. The van der Waals surface area contributed by atoms with E-state index < -0.39 is 0 Å². The van der Waals surface area contributed by atoms with Gasteiger partial charge in [-0.2, -0.15) is 0 Å². The van der Waals surface area contributed by atoms with Crippen LogP contribution >= 0.6 is 15.9 Å². The van der Waals surface area contributed by atoms with Crippen molar-refractivity contribution >= 4 is 15.9 Å². The molecule has 2 N–H and O–H groups in total. The highest BCUT2D eigenvalue weighted by molar-refractivity contribution is 9.10. The molecule has 1 nitrogen and oxygen atoms in total. The van der Waals surface area contributed by atoms with Crippen LogP contribution in [0.15, 0.2) is 40.9 Å². The molecule has 0 aromatic heterocycles. The van der Waals surface area contributed by atoms with Crippen molar-refractivity contribution in [3.63, 3.8) is 0 Å². The van der Waals surface area contributed by atoms with Crippen molar-refractivity contribution in [1.29, 1.82) is 0 Å². The van der Waals surface area contributed by atoms with Crippen LogP contribution in [-0.4, -0.2) is 0 Å². The van der Waals surface area contributed by atoms with Crippen molar-refractivity contribution in [2.75, 3.05) is 0 Å². The summed E-state index contributed by atoms with van der Waals surface area (Å²) >= 11 is 3.60. The molecule has 0 radical (unpaired) electrons. The van der Waals surface area contributed by atoms with E-state index in [1.54, 1.807) is 0 Å². The zero-order valence-electron chi connectivity index (χ0n) is 12.0. The summed E-state index contributed by atoms with van der Waals surface area (Å²) in [6.45, 7) is 4.28. The lowest BCUT2D eigenvalue weighted by molar-refractivity contribution is 0.452. The molecule has 0 fully saturated rings. The van der Waals surface area contributed by atoms with Gasteiger partial charge in [0.15, 0.2) is 0 Å². The van der Waals surface area contributed by atoms with E-state index in [-0.39, 0.29) is 6.04 Å². The van der Waals surface area contributed by atoms with Gasteiger partial charge < -0.3 is 5.73 Å². The molecular formula is C18H20BrN. The van der Waals surface area contributed by atoms with Gasteiger partial charge in [0.05, 0.1) is 0 Å². The van der Waals surface area contributed by atoms with E-state index >= 15 is 0 Å². The summed E-state index contributed by atoms with van der Waals surface area (Å²) in [5.41, 5.74) is 13.4. The number of benzene rings is 2. The Labute approximate surface area is 129 Å². The van der Waals surface area contributed by atoms with Gasteiger partial charge in [-0.05, 0) is 66.5 Å². The predicted molar refractivity (Wildman–Crippen MR) is 87.9 cm³/mol. The third-order valence-corrected chi connectivity index (χ3v) is 5.35. The Balaban J connectivity index is 1.88. The highest BCUT2D eigenvalue weighted by atomic mass is 79.9. The van der Waals surface area contributed by atoms with Crippen LogP contribution in [0.2, 0.25) is 0 Å². The SMILES string of the molecule is Cc1cc(C(N)C2Cc3ccccc3C2)c(C)cc1Br. The summed E-state index contributed by atoms with van der Waals surface area (Å²) < 4.78 is 1.17. The Bertz CT molecular complexity index is 623. The summed E-state index contributed by atoms with van der Waals surface area (Å²) in [6.07, 6.45) is 2.21. The maximum atomic E-state index is 6.58. The van der Waals surface area contributed by atoms with Gasteiger partial charge in [0.25, 0.3) is 0 Å². The topological polar surface area (TPSA) is 26.0 Å². The molecule has 0 saturated carbocycles. The fourth-order valence-electron chi connectivity index (χ4n) is 3.26. The number of fused-ring (bicyclic) bond motifs is 1. The molecule has 1 aliphatic rings. The lowest BCUT2D eigenvalue weighted by Crippen LogP contribution is -2.23. The maximum absolute atomic E-state index is 6.58. The quantitative estimate of drug-likeness (QED) is 0.863. The monoisotopic (exact) mass is 329 g/mol. The molecule has 1 atom stereocenters. The fraction of sp³-hybridized carbons (Fsp3) is 0.333. The zero-order valence-corrected chi connectivity index (χ0v) is 13.6. The van der Waals surface area contributed by atoms with Crippen molar-refractivity contribution in [1.82, 2.24) is 0 Å². The average molecular weight is 330 g/mol. The minimum atomic E-state index is 0.120. The second kappa shape index (κ2) is 5.34. The molecule has 2 aromatic carbocycles. The molecule has 20 heavy (non-hydrogen) atoms. The van der Waals surface area contributed by atoms with Gasteiger partial charge in [0.1, 0.15) is 0 Å². The third kappa shape index (κ3) is 2.43. The van der Waals surface area contributed by atoms with Crippen LogP contribution in [0.4, 0.5) is 0 Å². The van der Waals surface area contributed by atoms with Gasteiger partial charge in [-0.1, -0.05) is 46.3 Å². The largest absolute Gasteiger partial charge is 0.324 e. The molecular weight excluding hydrogens is 310 g/mol. The molecule has 0 aliphatic heterocycles. The first-order chi connectivity index (χ1) is 9.56. The Morgan fingerprint density at radius 1 is 1.05 bits per heavy atom. The molecule has 1 unspecified atom stereocenters. The summed E-state index contributed by atoms with van der Waals surface area (Å²) in [5, 5.41) is 0. The van der Waals surface area contributed by atoms with E-state index in [9.17, 15) is 0 Å². The lowest BCUT2D eigenvalue weighted by Gasteiger charge is -2.22. The van der Waals surface area contributed by atoms with E-state index in [1.807, 2.05) is 0 Å². The lowest BCUT2D eigenvalue weighted by atomic mass is 9.88. The second-order valence-electron chi connectivity index (χ2n) is 5.92. The minimum absolute atomic E-state index is 0.120. The number of hydrogen-bond donors (Lipinski definition) is 1. The molecule has 0 heterocycles. The molecule has 0 spiro atoms. The molecule has 0 amide bonds. The second-order valence-corrected chi connectivity index (χ2v) is 6.78. The van der Waals surface area contributed by atoms with Gasteiger partial charge >= 0.3 is 0 Å². The van der Waals surface area contributed by atoms with E-state index in [0.29, 0.717) is 5.92 Å². The summed E-state index contributed by atoms with van der Waals surface area (Å²) in [5.74, 6) is 0.520. The van der Waals surface area contributed by atoms with Crippen molar-refractivity contribution in [2.45, 2.75) is 32.7 Å². The van der Waals surface area contributed by atoms with Gasteiger partial charge in [0, 0.05) is 10.5 Å². The van der Waals surface area contributed by atoms with Crippen LogP contribution in [0.3, 0.4) is 0 Å². The highest BCUT2D eigenvalue weighted by Gasteiger charge is 2.28. The maximum Gasteiger partial charge on any atom is 0.0332 e. The Kier molecular flexibility index (Phi) is 3.70. The Morgan fingerprint density at radius 3 is 2.25 bits per heavy atom. The zero-order chi connectivity index (χ0) is 14.3. The molecule has 2 aromatic rings. The molecule has 3 rings (SSSR count). The number of halogens is 1. The van der Waals surface area contributed by atoms with Crippen LogP contribution in [0.1, 0.15) is 33.9 Å². The van der Waals surface area contributed by atoms with Gasteiger partial charge in [-0.25, -0.2) is 0 Å². The van der Waals surface area contributed by atoms with E-state index in [0.717, 1.165) is 12.8 Å². The number of rotatable bonds is 2. The fourth-order valence-corrected chi connectivity index (χ4v) is 3.72. The van der Waals surface area contributed by atoms with Crippen LogP contribution in [-0.2, 0) is 12.8 Å². The standard InChI is InChI=1S/C18H20BrN/c1-11-8-17(19)12(2)7-16(11)18(20)15-9-13-5-3-4-6-14(13)10-15/h3-8,15,18H,9-10,20H2,1-2H3. The van der Waals surface area contributed by atoms with Crippen molar-refractivity contribution < 1.29 is 0 Å². The molecule has 0 bridgehead atoms. The Hall–Kier alpha value is -1.12. The Morgan fingerprint density at radius 2 is 1.65 bits per heavy atom. The van der Waals surface area contributed by atoms with Gasteiger partial charge in [0.2, 0.25) is 0 Å². The highest BCUT2D eigenvalue weighted by Crippen LogP contribution is 2.36. The van der Waals surface area contributed by atoms with E-state index in [2.05, 4.69) is 66.2 Å². The first kappa shape index (κ1) is 13.8. The smallest absolute Gasteiger partial charge is 0.0332 e. The predicted octanol–water partition coefficient (Wildman–Crippen LogP) is 4.48. The first-order valence-corrected chi connectivity index (χ1v) is 7.94. The van der Waals surface area contributed by atoms with Gasteiger partial charge in [-0.15, -0.1) is 0 Å².